The third-order valence-corrected chi connectivity index (χ3v) is 3.51. The van der Waals surface area contributed by atoms with Crippen molar-refractivity contribution in [3.05, 3.63) is 40.1 Å². The first-order chi connectivity index (χ1) is 9.29. The van der Waals surface area contributed by atoms with Crippen LogP contribution in [0.15, 0.2) is 28.7 Å². The Labute approximate surface area is 127 Å². The van der Waals surface area contributed by atoms with Gasteiger partial charge in [-0.3, -0.25) is 0 Å². The van der Waals surface area contributed by atoms with E-state index in [2.05, 4.69) is 25.9 Å². The Hall–Kier alpha value is -1.62. The van der Waals surface area contributed by atoms with E-state index in [9.17, 15) is 0 Å². The summed E-state index contributed by atoms with van der Waals surface area (Å²) in [6.07, 6.45) is 0. The van der Waals surface area contributed by atoms with Crippen LogP contribution in [0.5, 0.6) is 11.6 Å². The molecule has 0 atom stereocenters. The predicted molar refractivity (Wildman–Crippen MR) is 84.1 cm³/mol. The highest BCUT2D eigenvalue weighted by molar-refractivity contribution is 9.10. The number of rotatable bonds is 2. The Balaban J connectivity index is 2.46. The van der Waals surface area contributed by atoms with Crippen molar-refractivity contribution in [2.24, 2.45) is 0 Å². The smallest absolute Gasteiger partial charge is 0.227 e. The van der Waals surface area contributed by atoms with Gasteiger partial charge in [0.05, 0.1) is 10.0 Å². The van der Waals surface area contributed by atoms with Crippen molar-refractivity contribution >= 4 is 21.7 Å². The Morgan fingerprint density at radius 2 is 1.80 bits per heavy atom. The summed E-state index contributed by atoms with van der Waals surface area (Å²) in [5.41, 5.74) is 6.52. The van der Waals surface area contributed by atoms with Crippen LogP contribution in [0.3, 0.4) is 0 Å². The van der Waals surface area contributed by atoms with Crippen LogP contribution in [0.2, 0.25) is 0 Å². The van der Waals surface area contributed by atoms with Crippen LogP contribution >= 0.6 is 15.9 Å². The molecule has 0 unspecified atom stereocenters. The molecule has 20 heavy (non-hydrogen) atoms. The zero-order chi connectivity index (χ0) is 14.9. The van der Waals surface area contributed by atoms with Crippen LogP contribution in [-0.4, -0.2) is 9.97 Å². The molecule has 0 spiro atoms. The SMILES string of the molecule is Cc1c(N)nc(C(C)(C)C)nc1Oc1ccccc1Br. The zero-order valence-corrected chi connectivity index (χ0v) is 13.7. The van der Waals surface area contributed by atoms with E-state index in [1.54, 1.807) is 0 Å². The second kappa shape index (κ2) is 5.40. The van der Waals surface area contributed by atoms with Crippen molar-refractivity contribution in [2.75, 3.05) is 5.73 Å². The van der Waals surface area contributed by atoms with E-state index in [0.29, 0.717) is 23.3 Å². The number of hydrogen-bond acceptors (Lipinski definition) is 4. The number of aromatic nitrogens is 2. The molecule has 4 nitrogen and oxygen atoms in total. The summed E-state index contributed by atoms with van der Waals surface area (Å²) < 4.78 is 6.75. The molecule has 2 N–H and O–H groups in total. The Kier molecular flexibility index (Phi) is 3.99. The number of ether oxygens (including phenoxy) is 1. The summed E-state index contributed by atoms with van der Waals surface area (Å²) in [5, 5.41) is 0. The number of benzene rings is 1. The molecular weight excluding hydrogens is 318 g/mol. The minimum absolute atomic E-state index is 0.187. The van der Waals surface area contributed by atoms with Gasteiger partial charge in [0.15, 0.2) is 0 Å². The highest BCUT2D eigenvalue weighted by Crippen LogP contribution is 2.32. The Bertz CT molecular complexity index is 636. The molecule has 0 saturated carbocycles. The second-order valence-electron chi connectivity index (χ2n) is 5.65. The molecule has 1 aromatic carbocycles. The molecule has 2 rings (SSSR count). The molecule has 0 radical (unpaired) electrons. The van der Waals surface area contributed by atoms with Gasteiger partial charge in [-0.05, 0) is 35.0 Å². The van der Waals surface area contributed by atoms with Crippen molar-refractivity contribution in [1.82, 2.24) is 9.97 Å². The van der Waals surface area contributed by atoms with Gasteiger partial charge < -0.3 is 10.5 Å². The normalized spacial score (nSPS) is 11.4. The summed E-state index contributed by atoms with van der Waals surface area (Å²) in [7, 11) is 0. The number of nitrogens with zero attached hydrogens (tertiary/aromatic N) is 2. The standard InChI is InChI=1S/C15H18BrN3O/c1-9-12(17)18-14(15(2,3)4)19-13(9)20-11-8-6-5-7-10(11)16/h5-8H,1-4H3,(H2,17,18,19). The molecule has 0 aliphatic carbocycles. The van der Waals surface area contributed by atoms with Gasteiger partial charge in [0.25, 0.3) is 0 Å². The first kappa shape index (κ1) is 14.8. The van der Waals surface area contributed by atoms with Crippen LogP contribution in [0, 0.1) is 6.92 Å². The lowest BCUT2D eigenvalue weighted by Gasteiger charge is -2.19. The number of nitrogen functional groups attached to an aromatic ring is 1. The molecule has 5 heteroatoms. The fourth-order valence-corrected chi connectivity index (χ4v) is 1.94. The van der Waals surface area contributed by atoms with E-state index in [1.807, 2.05) is 52.0 Å². The van der Waals surface area contributed by atoms with Crippen molar-refractivity contribution in [3.8, 4) is 11.6 Å². The summed E-state index contributed by atoms with van der Waals surface area (Å²) in [5.74, 6) is 2.32. The van der Waals surface area contributed by atoms with Crippen LogP contribution in [0.1, 0.15) is 32.2 Å². The van der Waals surface area contributed by atoms with E-state index in [-0.39, 0.29) is 5.41 Å². The van der Waals surface area contributed by atoms with Crippen LogP contribution in [-0.2, 0) is 5.41 Å². The van der Waals surface area contributed by atoms with E-state index in [0.717, 1.165) is 10.0 Å². The molecule has 0 bridgehead atoms. The monoisotopic (exact) mass is 335 g/mol. The van der Waals surface area contributed by atoms with Gasteiger partial charge in [-0.2, -0.15) is 4.98 Å². The zero-order valence-electron chi connectivity index (χ0n) is 12.1. The van der Waals surface area contributed by atoms with Gasteiger partial charge >= 0.3 is 0 Å². The van der Waals surface area contributed by atoms with Gasteiger partial charge in [-0.25, -0.2) is 4.98 Å². The maximum absolute atomic E-state index is 5.97. The maximum Gasteiger partial charge on any atom is 0.227 e. The molecule has 0 aliphatic rings. The average molecular weight is 336 g/mol. The molecular formula is C15H18BrN3O. The van der Waals surface area contributed by atoms with Crippen LogP contribution in [0.4, 0.5) is 5.82 Å². The Morgan fingerprint density at radius 1 is 1.15 bits per heavy atom. The largest absolute Gasteiger partial charge is 0.437 e. The lowest BCUT2D eigenvalue weighted by Crippen LogP contribution is -2.18. The summed E-state index contributed by atoms with van der Waals surface area (Å²) in [6.45, 7) is 7.98. The highest BCUT2D eigenvalue weighted by atomic mass is 79.9. The molecule has 1 aromatic heterocycles. The fraction of sp³-hybridized carbons (Fsp3) is 0.333. The fourth-order valence-electron chi connectivity index (χ4n) is 1.58. The van der Waals surface area contributed by atoms with Gasteiger partial charge in [-0.1, -0.05) is 32.9 Å². The molecule has 106 valence electrons. The van der Waals surface area contributed by atoms with E-state index >= 15 is 0 Å². The lowest BCUT2D eigenvalue weighted by molar-refractivity contribution is 0.440. The second-order valence-corrected chi connectivity index (χ2v) is 6.50. The molecule has 1 heterocycles. The van der Waals surface area contributed by atoms with Crippen molar-refractivity contribution in [3.63, 3.8) is 0 Å². The van der Waals surface area contributed by atoms with E-state index in [4.69, 9.17) is 10.5 Å². The third-order valence-electron chi connectivity index (χ3n) is 2.85. The molecule has 0 amide bonds. The maximum atomic E-state index is 5.97. The topological polar surface area (TPSA) is 61.0 Å². The molecule has 0 aliphatic heterocycles. The van der Waals surface area contributed by atoms with E-state index in [1.165, 1.54) is 0 Å². The minimum atomic E-state index is -0.187. The molecule has 0 fully saturated rings. The number of anilines is 1. The quantitative estimate of drug-likeness (QED) is 0.892. The molecule has 0 saturated heterocycles. The number of halogens is 1. The predicted octanol–water partition coefficient (Wildman–Crippen LogP) is 4.22. The average Bonchev–Trinajstić information content (AvgIpc) is 2.36. The lowest BCUT2D eigenvalue weighted by atomic mass is 9.95. The van der Waals surface area contributed by atoms with Crippen LogP contribution in [0.25, 0.3) is 0 Å². The summed E-state index contributed by atoms with van der Waals surface area (Å²) >= 11 is 3.46. The van der Waals surface area contributed by atoms with Crippen LogP contribution < -0.4 is 10.5 Å². The first-order valence-corrected chi connectivity index (χ1v) is 7.15. The molecule has 2 aromatic rings. The summed E-state index contributed by atoms with van der Waals surface area (Å²) in [4.78, 5) is 8.85. The van der Waals surface area contributed by atoms with Gasteiger partial charge in [0.1, 0.15) is 17.4 Å². The van der Waals surface area contributed by atoms with Gasteiger partial charge in [0, 0.05) is 5.41 Å². The highest BCUT2D eigenvalue weighted by Gasteiger charge is 2.21. The third kappa shape index (κ3) is 3.10. The van der Waals surface area contributed by atoms with E-state index < -0.39 is 0 Å². The van der Waals surface area contributed by atoms with Gasteiger partial charge in [0.2, 0.25) is 5.88 Å². The number of nitrogens with two attached hydrogens (primary N) is 1. The number of para-hydroxylation sites is 1. The van der Waals surface area contributed by atoms with Crippen molar-refractivity contribution in [2.45, 2.75) is 33.1 Å². The number of hydrogen-bond donors (Lipinski definition) is 1. The Morgan fingerprint density at radius 3 is 2.40 bits per heavy atom. The summed E-state index contributed by atoms with van der Waals surface area (Å²) in [6, 6.07) is 7.63. The minimum Gasteiger partial charge on any atom is -0.437 e. The van der Waals surface area contributed by atoms with Crippen molar-refractivity contribution < 1.29 is 4.74 Å². The van der Waals surface area contributed by atoms with Crippen molar-refractivity contribution in [1.29, 1.82) is 0 Å². The first-order valence-electron chi connectivity index (χ1n) is 6.36. The van der Waals surface area contributed by atoms with Gasteiger partial charge in [-0.15, -0.1) is 0 Å².